The van der Waals surface area contributed by atoms with Gasteiger partial charge in [-0.3, -0.25) is 4.40 Å². The molecule has 0 atom stereocenters. The van der Waals surface area contributed by atoms with Crippen LogP contribution in [0.1, 0.15) is 6.42 Å². The Labute approximate surface area is 227 Å². The van der Waals surface area contributed by atoms with E-state index in [1.54, 1.807) is 30.5 Å². The highest BCUT2D eigenvalue weighted by Crippen LogP contribution is 2.36. The molecule has 0 fully saturated rings. The number of nitrogens with zero attached hydrogens (tertiary/aromatic N) is 3. The van der Waals surface area contributed by atoms with Crippen LogP contribution in [0.4, 0.5) is 5.82 Å². The smallest absolute Gasteiger partial charge is 0.243 e. The van der Waals surface area contributed by atoms with Gasteiger partial charge < -0.3 is 10.4 Å². The highest BCUT2D eigenvalue weighted by molar-refractivity contribution is 7.89. The van der Waals surface area contributed by atoms with Crippen LogP contribution < -0.4 is 10.0 Å². The van der Waals surface area contributed by atoms with Crippen molar-refractivity contribution < 1.29 is 13.5 Å². The molecule has 5 aromatic rings. The molecule has 5 rings (SSSR count). The zero-order valence-electron chi connectivity index (χ0n) is 19.2. The molecule has 0 saturated heterocycles. The zero-order valence-corrected chi connectivity index (χ0v) is 22.4. The number of nitrogens with one attached hydrogen (secondary N) is 2. The second-order valence-electron chi connectivity index (χ2n) is 8.07. The Morgan fingerprint density at radius 1 is 1.00 bits per heavy atom. The summed E-state index contributed by atoms with van der Waals surface area (Å²) in [5.74, 6) is 0.811. The molecule has 3 aromatic heterocycles. The van der Waals surface area contributed by atoms with Crippen molar-refractivity contribution in [2.24, 2.45) is 0 Å². The van der Waals surface area contributed by atoms with E-state index in [9.17, 15) is 13.5 Å². The molecule has 3 heterocycles. The maximum atomic E-state index is 12.6. The largest absolute Gasteiger partial charge is 0.508 e. The van der Waals surface area contributed by atoms with Crippen molar-refractivity contribution in [1.82, 2.24) is 19.1 Å². The third kappa shape index (κ3) is 5.43. The van der Waals surface area contributed by atoms with E-state index < -0.39 is 10.0 Å². The van der Waals surface area contributed by atoms with Gasteiger partial charge in [0.1, 0.15) is 16.5 Å². The van der Waals surface area contributed by atoms with Gasteiger partial charge in [-0.05, 0) is 42.8 Å². The first-order valence-corrected chi connectivity index (χ1v) is 14.3. The number of pyridine rings is 1. The average Bonchev–Trinajstić information content (AvgIpc) is 3.45. The Kier molecular flexibility index (Phi) is 7.36. The first-order chi connectivity index (χ1) is 17.8. The first-order valence-electron chi connectivity index (χ1n) is 11.2. The Bertz CT molecular complexity index is 1660. The lowest BCUT2D eigenvalue weighted by atomic mass is 10.1. The number of thiazole rings is 1. The van der Waals surface area contributed by atoms with Crippen LogP contribution in [0.15, 0.2) is 77.3 Å². The molecule has 37 heavy (non-hydrogen) atoms. The maximum Gasteiger partial charge on any atom is 0.243 e. The topological polar surface area (TPSA) is 109 Å². The van der Waals surface area contributed by atoms with E-state index in [0.717, 1.165) is 27.5 Å². The molecule has 0 aliphatic carbocycles. The van der Waals surface area contributed by atoms with Gasteiger partial charge in [-0.1, -0.05) is 41.4 Å². The summed E-state index contributed by atoms with van der Waals surface area (Å²) in [6.07, 6.45) is 4.17. The molecule has 3 N–H and O–H groups in total. The molecule has 2 aromatic carbocycles. The maximum absolute atomic E-state index is 12.6. The van der Waals surface area contributed by atoms with E-state index in [4.69, 9.17) is 28.2 Å². The molecule has 0 amide bonds. The van der Waals surface area contributed by atoms with E-state index >= 15 is 0 Å². The van der Waals surface area contributed by atoms with Crippen LogP contribution in [0.5, 0.6) is 5.75 Å². The Morgan fingerprint density at radius 3 is 2.57 bits per heavy atom. The Hall–Kier alpha value is -3.15. The molecule has 0 aliphatic heterocycles. The van der Waals surface area contributed by atoms with Crippen molar-refractivity contribution in [1.29, 1.82) is 0 Å². The van der Waals surface area contributed by atoms with E-state index in [1.165, 1.54) is 23.5 Å². The van der Waals surface area contributed by atoms with Crippen molar-refractivity contribution >= 4 is 55.3 Å². The summed E-state index contributed by atoms with van der Waals surface area (Å²) in [6, 6.07) is 15.4. The summed E-state index contributed by atoms with van der Waals surface area (Å²) in [5.41, 5.74) is 3.35. The van der Waals surface area contributed by atoms with Crippen LogP contribution in [0, 0.1) is 0 Å². The Balaban J connectivity index is 1.29. The highest BCUT2D eigenvalue weighted by Gasteiger charge is 2.21. The number of hydrogen-bond donors (Lipinski definition) is 3. The number of aromatic hydroxyl groups is 1. The number of phenolic OH excluding ortho intramolecular Hbond substituents is 1. The number of rotatable bonds is 9. The number of halogens is 2. The molecule has 0 bridgehead atoms. The number of aromatic nitrogens is 3. The van der Waals surface area contributed by atoms with Crippen LogP contribution >= 0.6 is 34.5 Å². The van der Waals surface area contributed by atoms with Crippen molar-refractivity contribution in [3.8, 4) is 28.3 Å². The van der Waals surface area contributed by atoms with Gasteiger partial charge in [0.25, 0.3) is 0 Å². The number of fused-ring (bicyclic) bond motifs is 1. The van der Waals surface area contributed by atoms with Crippen LogP contribution in [0.25, 0.3) is 27.5 Å². The third-order valence-corrected chi connectivity index (χ3v) is 8.73. The molecule has 0 aliphatic rings. The molecular weight excluding hydrogens is 553 g/mol. The molecule has 190 valence electrons. The fourth-order valence-corrected chi connectivity index (χ4v) is 6.84. The molecule has 0 radical (unpaired) electrons. The second kappa shape index (κ2) is 10.7. The summed E-state index contributed by atoms with van der Waals surface area (Å²) in [4.78, 5) is 9.90. The fraction of sp³-hybridized carbons (Fsp3) is 0.120. The SMILES string of the molecule is O=S(=O)(NCCCNc1cc(-c2c(-c3cccc(O)c3)nc3sccn23)ccn1)c1c(Cl)cccc1Cl. The molecule has 0 unspecified atom stereocenters. The number of sulfonamides is 1. The predicted molar refractivity (Wildman–Crippen MR) is 148 cm³/mol. The van der Waals surface area contributed by atoms with Gasteiger partial charge in [0.05, 0.1) is 21.4 Å². The van der Waals surface area contributed by atoms with Crippen molar-refractivity contribution in [2.45, 2.75) is 11.3 Å². The Morgan fingerprint density at radius 2 is 1.78 bits per heavy atom. The van der Waals surface area contributed by atoms with Gasteiger partial charge in [-0.25, -0.2) is 23.1 Å². The van der Waals surface area contributed by atoms with Crippen molar-refractivity contribution in [2.75, 3.05) is 18.4 Å². The lowest BCUT2D eigenvalue weighted by Gasteiger charge is -2.11. The van der Waals surface area contributed by atoms with E-state index in [2.05, 4.69) is 15.0 Å². The molecule has 12 heteroatoms. The summed E-state index contributed by atoms with van der Waals surface area (Å²) < 4.78 is 29.8. The second-order valence-corrected chi connectivity index (χ2v) is 11.5. The van der Waals surface area contributed by atoms with Gasteiger partial charge in [0.15, 0.2) is 4.96 Å². The van der Waals surface area contributed by atoms with Gasteiger partial charge in [-0.15, -0.1) is 11.3 Å². The number of hydrogen-bond acceptors (Lipinski definition) is 7. The monoisotopic (exact) mass is 573 g/mol. The minimum atomic E-state index is -3.84. The lowest BCUT2D eigenvalue weighted by molar-refractivity contribution is 0.475. The number of anilines is 1. The molecular formula is C25H21Cl2N5O3S2. The zero-order chi connectivity index (χ0) is 26.0. The number of imidazole rings is 1. The fourth-order valence-electron chi connectivity index (χ4n) is 3.91. The standard InChI is InChI=1S/C25H21Cl2N5O3S2/c26-19-6-2-7-20(27)24(19)37(34,35)30-10-3-9-28-21-15-17(8-11-29-21)23-22(16-4-1-5-18(33)14-16)31-25-32(23)12-13-36-25/h1-2,4-8,11-15,30,33H,3,9-10H2,(H,28,29). The number of benzene rings is 2. The van der Waals surface area contributed by atoms with Crippen LogP contribution in [-0.4, -0.2) is 41.0 Å². The number of phenols is 1. The van der Waals surface area contributed by atoms with Gasteiger partial charge in [0.2, 0.25) is 10.0 Å². The van der Waals surface area contributed by atoms with E-state index in [1.807, 2.05) is 34.2 Å². The summed E-state index contributed by atoms with van der Waals surface area (Å²) in [5, 5.41) is 15.3. The van der Waals surface area contributed by atoms with E-state index in [-0.39, 0.29) is 27.2 Å². The minimum absolute atomic E-state index is 0.0730. The molecule has 8 nitrogen and oxygen atoms in total. The lowest BCUT2D eigenvalue weighted by Crippen LogP contribution is -2.26. The van der Waals surface area contributed by atoms with E-state index in [0.29, 0.717) is 18.8 Å². The van der Waals surface area contributed by atoms with Gasteiger partial charge >= 0.3 is 0 Å². The van der Waals surface area contributed by atoms with Gasteiger partial charge in [0, 0.05) is 42.0 Å². The summed E-state index contributed by atoms with van der Waals surface area (Å²) in [7, 11) is -3.84. The highest BCUT2D eigenvalue weighted by atomic mass is 35.5. The van der Waals surface area contributed by atoms with Gasteiger partial charge in [-0.2, -0.15) is 0 Å². The average molecular weight is 575 g/mol. The first kappa shape index (κ1) is 25.5. The van der Waals surface area contributed by atoms with Crippen molar-refractivity contribution in [3.63, 3.8) is 0 Å². The van der Waals surface area contributed by atoms with Crippen molar-refractivity contribution in [3.05, 3.63) is 82.4 Å². The molecule has 0 saturated carbocycles. The summed E-state index contributed by atoms with van der Waals surface area (Å²) in [6.45, 7) is 0.672. The normalized spacial score (nSPS) is 11.7. The minimum Gasteiger partial charge on any atom is -0.508 e. The van der Waals surface area contributed by atoms with Crippen LogP contribution in [0.3, 0.4) is 0 Å². The molecule has 0 spiro atoms. The predicted octanol–water partition coefficient (Wildman–Crippen LogP) is 5.92. The van der Waals surface area contributed by atoms with Crippen LogP contribution in [0.2, 0.25) is 10.0 Å². The summed E-state index contributed by atoms with van der Waals surface area (Å²) >= 11 is 13.6. The third-order valence-electron chi connectivity index (χ3n) is 5.55. The van der Waals surface area contributed by atoms with Crippen LogP contribution in [-0.2, 0) is 10.0 Å². The quantitative estimate of drug-likeness (QED) is 0.189.